The first-order valence-corrected chi connectivity index (χ1v) is 12.9. The number of ketones is 1. The Bertz CT molecular complexity index is 758. The molecule has 26 heavy (non-hydrogen) atoms. The Labute approximate surface area is 158 Å². The SMILES string of the molecule is CC(C)[Si](O[C@@H]1C=C(S(=O)(=O)c2ccccc2)C(=O)C1)(C(C)C)C(C)C. The molecular formula is C20H30O4SSi. The van der Waals surface area contributed by atoms with Crippen LogP contribution in [0.15, 0.2) is 46.2 Å². The molecule has 6 heteroatoms. The van der Waals surface area contributed by atoms with Crippen molar-refractivity contribution >= 4 is 23.9 Å². The second kappa shape index (κ2) is 7.78. The summed E-state index contributed by atoms with van der Waals surface area (Å²) in [7, 11) is -5.97. The summed E-state index contributed by atoms with van der Waals surface area (Å²) < 4.78 is 32.2. The molecule has 0 aromatic heterocycles. The van der Waals surface area contributed by atoms with Crippen LogP contribution in [0.25, 0.3) is 0 Å². The summed E-state index contributed by atoms with van der Waals surface area (Å²) in [6, 6.07) is 8.12. The van der Waals surface area contributed by atoms with Gasteiger partial charge in [-0.05, 0) is 34.8 Å². The Morgan fingerprint density at radius 1 is 0.962 bits per heavy atom. The zero-order valence-corrected chi connectivity index (χ0v) is 18.3. The third kappa shape index (κ3) is 3.73. The Morgan fingerprint density at radius 3 is 1.92 bits per heavy atom. The van der Waals surface area contributed by atoms with E-state index in [1.165, 1.54) is 12.1 Å². The van der Waals surface area contributed by atoms with Crippen LogP contribution in [0.2, 0.25) is 16.6 Å². The van der Waals surface area contributed by atoms with E-state index in [1.807, 2.05) is 0 Å². The number of carbonyl (C=O) groups is 1. The summed E-state index contributed by atoms with van der Waals surface area (Å²) in [6.45, 7) is 13.0. The Morgan fingerprint density at radius 2 is 1.46 bits per heavy atom. The van der Waals surface area contributed by atoms with Gasteiger partial charge in [-0.1, -0.05) is 59.7 Å². The molecule has 1 aliphatic rings. The average Bonchev–Trinajstić information content (AvgIpc) is 2.93. The molecule has 0 radical (unpaired) electrons. The number of hydrogen-bond acceptors (Lipinski definition) is 4. The fraction of sp³-hybridized carbons (Fsp3) is 0.550. The first kappa shape index (κ1) is 21.1. The number of rotatable bonds is 7. The monoisotopic (exact) mass is 394 g/mol. The molecule has 0 bridgehead atoms. The van der Waals surface area contributed by atoms with E-state index in [-0.39, 0.29) is 22.0 Å². The van der Waals surface area contributed by atoms with Gasteiger partial charge in [0.05, 0.1) is 11.0 Å². The van der Waals surface area contributed by atoms with Crippen LogP contribution in [0.1, 0.15) is 48.0 Å². The van der Waals surface area contributed by atoms with Crippen molar-refractivity contribution in [2.75, 3.05) is 0 Å². The van der Waals surface area contributed by atoms with Gasteiger partial charge in [-0.15, -0.1) is 0 Å². The van der Waals surface area contributed by atoms with Gasteiger partial charge in [-0.3, -0.25) is 4.79 Å². The lowest BCUT2D eigenvalue weighted by atomic mass is 10.3. The zero-order chi connectivity index (χ0) is 19.7. The maximum Gasteiger partial charge on any atom is 0.209 e. The number of Topliss-reactive ketones (excluding diaryl/α,β-unsaturated/α-hetero) is 1. The summed E-state index contributed by atoms with van der Waals surface area (Å²) in [5.41, 5.74) is 1.13. The predicted molar refractivity (Wildman–Crippen MR) is 107 cm³/mol. The molecule has 0 unspecified atom stereocenters. The first-order chi connectivity index (χ1) is 12.0. The van der Waals surface area contributed by atoms with Gasteiger partial charge in [0.1, 0.15) is 4.91 Å². The largest absolute Gasteiger partial charge is 0.409 e. The van der Waals surface area contributed by atoms with Gasteiger partial charge < -0.3 is 4.43 Å². The van der Waals surface area contributed by atoms with E-state index in [2.05, 4.69) is 41.5 Å². The van der Waals surface area contributed by atoms with Crippen LogP contribution in [-0.4, -0.2) is 28.6 Å². The molecule has 144 valence electrons. The Hall–Kier alpha value is -1.24. The van der Waals surface area contributed by atoms with Crippen molar-refractivity contribution in [3.05, 3.63) is 41.3 Å². The quantitative estimate of drug-likeness (QED) is 0.619. The van der Waals surface area contributed by atoms with Crippen LogP contribution in [-0.2, 0) is 19.1 Å². The normalized spacial score (nSPS) is 18.9. The van der Waals surface area contributed by atoms with Gasteiger partial charge in [-0.2, -0.15) is 0 Å². The van der Waals surface area contributed by atoms with Gasteiger partial charge >= 0.3 is 0 Å². The van der Waals surface area contributed by atoms with E-state index in [0.29, 0.717) is 16.6 Å². The summed E-state index contributed by atoms with van der Waals surface area (Å²) in [5, 5.41) is 0. The van der Waals surface area contributed by atoms with Gasteiger partial charge in [-0.25, -0.2) is 8.42 Å². The molecule has 0 fully saturated rings. The summed E-state index contributed by atoms with van der Waals surface area (Å²) >= 11 is 0. The molecular weight excluding hydrogens is 364 g/mol. The van der Waals surface area contributed by atoms with E-state index in [0.717, 1.165) is 0 Å². The Kier molecular flexibility index (Phi) is 6.31. The predicted octanol–water partition coefficient (Wildman–Crippen LogP) is 4.88. The number of sulfone groups is 1. The van der Waals surface area contributed by atoms with E-state index in [9.17, 15) is 13.2 Å². The minimum absolute atomic E-state index is 0.113. The summed E-state index contributed by atoms with van der Waals surface area (Å²) in [6.07, 6.45) is 1.21. The van der Waals surface area contributed by atoms with Gasteiger partial charge in [0.25, 0.3) is 0 Å². The van der Waals surface area contributed by atoms with Crippen molar-refractivity contribution < 1.29 is 17.6 Å². The van der Waals surface area contributed by atoms with Gasteiger partial charge in [0.2, 0.25) is 18.2 Å². The van der Waals surface area contributed by atoms with Crippen molar-refractivity contribution in [1.29, 1.82) is 0 Å². The molecule has 1 aromatic carbocycles. The number of hydrogen-bond donors (Lipinski definition) is 0. The van der Waals surface area contributed by atoms with Crippen molar-refractivity contribution in [3.8, 4) is 0 Å². The highest BCUT2D eigenvalue weighted by molar-refractivity contribution is 7.96. The lowest BCUT2D eigenvalue weighted by Gasteiger charge is -2.43. The van der Waals surface area contributed by atoms with Crippen LogP contribution in [0.5, 0.6) is 0 Å². The van der Waals surface area contributed by atoms with Crippen LogP contribution in [0.4, 0.5) is 0 Å². The van der Waals surface area contributed by atoms with E-state index in [1.54, 1.807) is 24.3 Å². The molecule has 1 aliphatic carbocycles. The molecule has 0 saturated carbocycles. The third-order valence-electron chi connectivity index (χ3n) is 5.40. The fourth-order valence-electron chi connectivity index (χ4n) is 4.32. The van der Waals surface area contributed by atoms with Crippen molar-refractivity contribution in [2.24, 2.45) is 0 Å². The Balaban J connectivity index is 2.38. The van der Waals surface area contributed by atoms with Crippen LogP contribution < -0.4 is 0 Å². The van der Waals surface area contributed by atoms with Crippen LogP contribution in [0, 0.1) is 0 Å². The highest BCUT2D eigenvalue weighted by Gasteiger charge is 2.48. The molecule has 1 atom stereocenters. The second-order valence-corrected chi connectivity index (χ2v) is 15.3. The zero-order valence-electron chi connectivity index (χ0n) is 16.5. The molecule has 0 aliphatic heterocycles. The minimum atomic E-state index is -3.79. The standard InChI is InChI=1S/C20H30O4SSi/c1-14(2)26(15(3)4,16(5)6)24-17-12-19(21)20(13-17)25(22,23)18-10-8-7-9-11-18/h7-11,13-17H,12H2,1-6H3/t17-/m0/s1. The average molecular weight is 395 g/mol. The number of benzene rings is 1. The van der Waals surface area contributed by atoms with E-state index in [4.69, 9.17) is 4.43 Å². The third-order valence-corrected chi connectivity index (χ3v) is 13.4. The summed E-state index contributed by atoms with van der Waals surface area (Å²) in [5.74, 6) is -0.349. The molecule has 0 saturated heterocycles. The smallest absolute Gasteiger partial charge is 0.209 e. The molecule has 2 rings (SSSR count). The minimum Gasteiger partial charge on any atom is -0.409 e. The van der Waals surface area contributed by atoms with Crippen molar-refractivity contribution in [1.82, 2.24) is 0 Å². The lowest BCUT2D eigenvalue weighted by Crippen LogP contribution is -2.49. The van der Waals surface area contributed by atoms with Crippen LogP contribution in [0.3, 0.4) is 0 Å². The molecule has 1 aromatic rings. The van der Waals surface area contributed by atoms with E-state index >= 15 is 0 Å². The van der Waals surface area contributed by atoms with Gasteiger partial charge in [0, 0.05) is 6.42 Å². The first-order valence-electron chi connectivity index (χ1n) is 9.26. The van der Waals surface area contributed by atoms with Crippen molar-refractivity contribution in [2.45, 2.75) is 75.6 Å². The highest BCUT2D eigenvalue weighted by Crippen LogP contribution is 2.44. The van der Waals surface area contributed by atoms with Gasteiger partial charge in [0.15, 0.2) is 5.78 Å². The lowest BCUT2D eigenvalue weighted by molar-refractivity contribution is -0.115. The fourth-order valence-corrected chi connectivity index (χ4v) is 11.3. The highest BCUT2D eigenvalue weighted by atomic mass is 32.2. The number of allylic oxidation sites excluding steroid dienone is 1. The van der Waals surface area contributed by atoms with Crippen LogP contribution >= 0.6 is 0 Å². The number of carbonyl (C=O) groups excluding carboxylic acids is 1. The summed E-state index contributed by atoms with van der Waals surface area (Å²) in [4.78, 5) is 12.5. The maximum absolute atomic E-state index is 12.8. The molecule has 0 N–H and O–H groups in total. The molecule has 0 amide bonds. The van der Waals surface area contributed by atoms with Crippen molar-refractivity contribution in [3.63, 3.8) is 0 Å². The topological polar surface area (TPSA) is 60.4 Å². The molecule has 0 spiro atoms. The van der Waals surface area contributed by atoms with E-state index < -0.39 is 24.3 Å². The molecule has 4 nitrogen and oxygen atoms in total. The maximum atomic E-state index is 12.8. The molecule has 0 heterocycles. The second-order valence-electron chi connectivity index (χ2n) is 7.95.